The van der Waals surface area contributed by atoms with Crippen molar-refractivity contribution in [3.63, 3.8) is 0 Å². The number of likely N-dealkylation sites (N-methyl/N-ethyl adjacent to an activating group) is 2. The molecule has 0 aliphatic carbocycles. The van der Waals surface area contributed by atoms with Gasteiger partial charge in [0.2, 0.25) is 11.4 Å². The molecule has 0 radical (unpaired) electrons. The standard InChI is InChI=1S/C12H15N5O4S/c1-15(5-6-16(2)10(18)7-22)8-3-4-9(17(19)20)12-11(8)13-21-14-12/h3-4,22H,5-7H2,1-2H3. The van der Waals surface area contributed by atoms with Gasteiger partial charge in [0.1, 0.15) is 0 Å². The minimum Gasteiger partial charge on any atom is -0.371 e. The molecule has 2 rings (SSSR count). The van der Waals surface area contributed by atoms with Crippen LogP contribution in [-0.2, 0) is 4.79 Å². The van der Waals surface area contributed by atoms with Crippen molar-refractivity contribution in [2.45, 2.75) is 0 Å². The molecule has 0 unspecified atom stereocenters. The Morgan fingerprint density at radius 1 is 1.32 bits per heavy atom. The lowest BCUT2D eigenvalue weighted by Crippen LogP contribution is -2.35. The summed E-state index contributed by atoms with van der Waals surface area (Å²) in [5.41, 5.74) is 0.915. The van der Waals surface area contributed by atoms with Crippen molar-refractivity contribution in [2.75, 3.05) is 37.8 Å². The highest BCUT2D eigenvalue weighted by molar-refractivity contribution is 7.81. The Morgan fingerprint density at radius 2 is 2.00 bits per heavy atom. The van der Waals surface area contributed by atoms with Gasteiger partial charge in [-0.05, 0) is 16.4 Å². The van der Waals surface area contributed by atoms with Crippen molar-refractivity contribution < 1.29 is 14.3 Å². The van der Waals surface area contributed by atoms with Gasteiger partial charge in [0.15, 0.2) is 5.52 Å². The quantitative estimate of drug-likeness (QED) is 0.479. The van der Waals surface area contributed by atoms with Gasteiger partial charge in [-0.25, -0.2) is 4.63 Å². The van der Waals surface area contributed by atoms with Crippen LogP contribution in [0.15, 0.2) is 16.8 Å². The Balaban J connectivity index is 2.20. The maximum atomic E-state index is 11.5. The van der Waals surface area contributed by atoms with E-state index in [9.17, 15) is 14.9 Å². The molecule has 0 aliphatic heterocycles. The third-order valence-electron chi connectivity index (χ3n) is 3.31. The van der Waals surface area contributed by atoms with Crippen molar-refractivity contribution >= 4 is 40.9 Å². The number of thiol groups is 1. The number of carbonyl (C=O) groups is 1. The third-order valence-corrected chi connectivity index (χ3v) is 3.58. The van der Waals surface area contributed by atoms with Crippen LogP contribution in [0.25, 0.3) is 11.0 Å². The number of benzene rings is 1. The Hall–Kier alpha value is -2.36. The molecule has 0 spiro atoms. The van der Waals surface area contributed by atoms with Gasteiger partial charge in [-0.15, -0.1) is 0 Å². The molecule has 1 aromatic carbocycles. The summed E-state index contributed by atoms with van der Waals surface area (Å²) in [7, 11) is 3.49. The van der Waals surface area contributed by atoms with Gasteiger partial charge in [-0.2, -0.15) is 12.6 Å². The Kier molecular flexibility index (Phi) is 4.81. The first-order valence-corrected chi connectivity index (χ1v) is 7.04. The van der Waals surface area contributed by atoms with Crippen LogP contribution in [0.4, 0.5) is 11.4 Å². The molecule has 9 nitrogen and oxygen atoms in total. The molecule has 0 aliphatic rings. The van der Waals surface area contributed by atoms with Crippen LogP contribution in [0.3, 0.4) is 0 Å². The summed E-state index contributed by atoms with van der Waals surface area (Å²) in [4.78, 5) is 25.3. The van der Waals surface area contributed by atoms with E-state index in [1.165, 1.54) is 6.07 Å². The summed E-state index contributed by atoms with van der Waals surface area (Å²) in [6, 6.07) is 2.95. The highest BCUT2D eigenvalue weighted by Gasteiger charge is 2.21. The molecule has 118 valence electrons. The fraction of sp³-hybridized carbons (Fsp3) is 0.417. The van der Waals surface area contributed by atoms with E-state index in [0.29, 0.717) is 24.3 Å². The number of carbonyl (C=O) groups excluding carboxylic acids is 1. The number of anilines is 1. The molecule has 2 aromatic rings. The Labute approximate surface area is 131 Å². The molecule has 0 N–H and O–H groups in total. The van der Waals surface area contributed by atoms with E-state index in [-0.39, 0.29) is 22.9 Å². The molecular formula is C12H15N5O4S. The topological polar surface area (TPSA) is 106 Å². The number of nitrogens with zero attached hydrogens (tertiary/aromatic N) is 5. The number of hydrogen-bond donors (Lipinski definition) is 1. The lowest BCUT2D eigenvalue weighted by Gasteiger charge is -2.23. The van der Waals surface area contributed by atoms with Crippen LogP contribution in [0, 0.1) is 10.1 Å². The molecular weight excluding hydrogens is 310 g/mol. The van der Waals surface area contributed by atoms with Crippen LogP contribution in [0.5, 0.6) is 0 Å². The van der Waals surface area contributed by atoms with E-state index in [0.717, 1.165) is 0 Å². The average molecular weight is 325 g/mol. The fourth-order valence-electron chi connectivity index (χ4n) is 1.96. The summed E-state index contributed by atoms with van der Waals surface area (Å²) in [6.45, 7) is 1.01. The van der Waals surface area contributed by atoms with Crippen molar-refractivity contribution in [1.82, 2.24) is 15.2 Å². The molecule has 22 heavy (non-hydrogen) atoms. The van der Waals surface area contributed by atoms with E-state index in [2.05, 4.69) is 27.6 Å². The van der Waals surface area contributed by atoms with Gasteiger partial charge in [0, 0.05) is 33.3 Å². The van der Waals surface area contributed by atoms with Gasteiger partial charge in [0.05, 0.1) is 16.4 Å². The molecule has 1 amide bonds. The minimum absolute atomic E-state index is 0.0753. The summed E-state index contributed by atoms with van der Waals surface area (Å²) >= 11 is 3.94. The first-order chi connectivity index (χ1) is 10.5. The lowest BCUT2D eigenvalue weighted by atomic mass is 10.2. The summed E-state index contributed by atoms with van der Waals surface area (Å²) < 4.78 is 4.62. The zero-order valence-corrected chi connectivity index (χ0v) is 13.0. The predicted molar refractivity (Wildman–Crippen MR) is 83.2 cm³/mol. The van der Waals surface area contributed by atoms with Crippen molar-refractivity contribution in [3.8, 4) is 0 Å². The van der Waals surface area contributed by atoms with E-state index in [4.69, 9.17) is 0 Å². The second-order valence-electron chi connectivity index (χ2n) is 4.72. The van der Waals surface area contributed by atoms with E-state index < -0.39 is 4.92 Å². The number of hydrogen-bond acceptors (Lipinski definition) is 8. The smallest absolute Gasteiger partial charge is 0.300 e. The molecule has 0 bridgehead atoms. The third kappa shape index (κ3) is 3.11. The second kappa shape index (κ2) is 6.60. The number of rotatable bonds is 6. The molecule has 0 fully saturated rings. The molecule has 10 heteroatoms. The first-order valence-electron chi connectivity index (χ1n) is 6.41. The number of non-ortho nitro benzene ring substituents is 1. The Bertz CT molecular complexity index is 704. The van der Waals surface area contributed by atoms with Gasteiger partial charge in [-0.1, -0.05) is 0 Å². The van der Waals surface area contributed by atoms with Gasteiger partial charge in [-0.3, -0.25) is 14.9 Å². The van der Waals surface area contributed by atoms with Crippen molar-refractivity contribution in [3.05, 3.63) is 22.2 Å². The zero-order chi connectivity index (χ0) is 16.3. The molecule has 1 aromatic heterocycles. The second-order valence-corrected chi connectivity index (χ2v) is 5.03. The number of amides is 1. The van der Waals surface area contributed by atoms with E-state index >= 15 is 0 Å². The van der Waals surface area contributed by atoms with Crippen molar-refractivity contribution in [1.29, 1.82) is 0 Å². The van der Waals surface area contributed by atoms with Gasteiger partial charge < -0.3 is 9.80 Å². The minimum atomic E-state index is -0.532. The average Bonchev–Trinajstić information content (AvgIpc) is 2.99. The van der Waals surface area contributed by atoms with Crippen LogP contribution < -0.4 is 4.90 Å². The summed E-state index contributed by atoms with van der Waals surface area (Å²) in [6.07, 6.45) is 0. The molecule has 0 saturated carbocycles. The lowest BCUT2D eigenvalue weighted by molar-refractivity contribution is -0.383. The number of nitro groups is 1. The number of nitro benzene ring substituents is 1. The molecule has 1 heterocycles. The van der Waals surface area contributed by atoms with E-state index in [1.54, 1.807) is 25.1 Å². The highest BCUT2D eigenvalue weighted by Crippen LogP contribution is 2.30. The number of aromatic nitrogens is 2. The van der Waals surface area contributed by atoms with Crippen LogP contribution in [0.1, 0.15) is 0 Å². The Morgan fingerprint density at radius 3 is 2.64 bits per heavy atom. The maximum absolute atomic E-state index is 11.5. The molecule has 0 saturated heterocycles. The van der Waals surface area contributed by atoms with Gasteiger partial charge >= 0.3 is 5.69 Å². The van der Waals surface area contributed by atoms with E-state index in [1.807, 2.05) is 4.90 Å². The van der Waals surface area contributed by atoms with Crippen LogP contribution in [-0.4, -0.2) is 59.0 Å². The fourth-order valence-corrected chi connectivity index (χ4v) is 2.20. The maximum Gasteiger partial charge on any atom is 0.300 e. The summed E-state index contributed by atoms with van der Waals surface area (Å²) in [5, 5.41) is 18.3. The SMILES string of the molecule is CN(CCN(C)c1ccc([N+](=O)[O-])c2nonc12)C(=O)CS. The van der Waals surface area contributed by atoms with Crippen LogP contribution in [0.2, 0.25) is 0 Å². The van der Waals surface area contributed by atoms with Gasteiger partial charge in [0.25, 0.3) is 0 Å². The summed E-state index contributed by atoms with van der Waals surface area (Å²) in [5.74, 6) is 0.0727. The number of fused-ring (bicyclic) bond motifs is 1. The monoisotopic (exact) mass is 325 g/mol. The molecule has 0 atom stereocenters. The van der Waals surface area contributed by atoms with Crippen LogP contribution >= 0.6 is 12.6 Å². The first kappa shape index (κ1) is 16.0. The largest absolute Gasteiger partial charge is 0.371 e. The van der Waals surface area contributed by atoms with Crippen molar-refractivity contribution in [2.24, 2.45) is 0 Å². The predicted octanol–water partition coefficient (Wildman–Crippen LogP) is 0.955. The zero-order valence-electron chi connectivity index (χ0n) is 12.1. The normalized spacial score (nSPS) is 10.7. The highest BCUT2D eigenvalue weighted by atomic mass is 32.1.